The van der Waals surface area contributed by atoms with Crippen LogP contribution in [-0.2, 0) is 9.84 Å². The minimum absolute atomic E-state index is 0.162. The lowest BCUT2D eigenvalue weighted by molar-refractivity contribution is -0.385. The minimum Gasteiger partial charge on any atom is -0.346 e. The summed E-state index contributed by atoms with van der Waals surface area (Å²) in [6, 6.07) is 9.89. The Labute approximate surface area is 153 Å². The molecule has 0 saturated carbocycles. The quantitative estimate of drug-likeness (QED) is 0.583. The molecule has 0 aliphatic heterocycles. The molecule has 0 radical (unpaired) electrons. The average Bonchev–Trinajstić information content (AvgIpc) is 2.54. The predicted octanol–water partition coefficient (Wildman–Crippen LogP) is 3.25. The predicted molar refractivity (Wildman–Crippen MR) is 96.2 cm³/mol. The Morgan fingerprint density at radius 3 is 2.32 bits per heavy atom. The van der Waals surface area contributed by atoms with Crippen LogP contribution in [-0.4, -0.2) is 25.5 Å². The molecule has 0 aromatic heterocycles. The van der Waals surface area contributed by atoms with Gasteiger partial charge in [0.15, 0.2) is 9.84 Å². The number of nitrogens with zero attached hydrogens (tertiary/aromatic N) is 1. The molecule has 0 heterocycles. The molecule has 1 unspecified atom stereocenters. The molecule has 0 aliphatic carbocycles. The van der Waals surface area contributed by atoms with Gasteiger partial charge in [-0.05, 0) is 52.7 Å². The van der Waals surface area contributed by atoms with Crippen molar-refractivity contribution in [3.63, 3.8) is 0 Å². The highest BCUT2D eigenvalue weighted by molar-refractivity contribution is 9.10. The Kier molecular flexibility index (Phi) is 5.58. The number of amides is 1. The van der Waals surface area contributed by atoms with E-state index in [9.17, 15) is 23.3 Å². The Morgan fingerprint density at radius 2 is 1.80 bits per heavy atom. The van der Waals surface area contributed by atoms with Crippen LogP contribution in [0.15, 0.2) is 51.8 Å². The first-order valence-corrected chi connectivity index (χ1v) is 9.83. The summed E-state index contributed by atoms with van der Waals surface area (Å²) in [6.07, 6.45) is 1.12. The molecule has 2 aromatic rings. The fraction of sp³-hybridized carbons (Fsp3) is 0.188. The van der Waals surface area contributed by atoms with Crippen LogP contribution < -0.4 is 5.32 Å². The second kappa shape index (κ2) is 7.32. The summed E-state index contributed by atoms with van der Waals surface area (Å²) >= 11 is 3.07. The summed E-state index contributed by atoms with van der Waals surface area (Å²) in [7, 11) is -3.28. The zero-order chi connectivity index (χ0) is 18.8. The largest absolute Gasteiger partial charge is 0.346 e. The van der Waals surface area contributed by atoms with E-state index in [4.69, 9.17) is 0 Å². The van der Waals surface area contributed by atoms with Crippen molar-refractivity contribution in [1.82, 2.24) is 5.32 Å². The third kappa shape index (κ3) is 4.64. The number of hydrogen-bond acceptors (Lipinski definition) is 5. The summed E-state index contributed by atoms with van der Waals surface area (Å²) in [6.45, 7) is 1.74. The lowest BCUT2D eigenvalue weighted by Crippen LogP contribution is -2.26. The molecule has 0 fully saturated rings. The molecule has 1 amide bonds. The maximum atomic E-state index is 12.3. The number of halogens is 1. The van der Waals surface area contributed by atoms with Crippen molar-refractivity contribution in [2.24, 2.45) is 0 Å². The van der Waals surface area contributed by atoms with E-state index >= 15 is 0 Å². The monoisotopic (exact) mass is 426 g/mol. The first kappa shape index (κ1) is 19.1. The van der Waals surface area contributed by atoms with E-state index in [1.54, 1.807) is 19.1 Å². The van der Waals surface area contributed by atoms with Gasteiger partial charge in [-0.1, -0.05) is 12.1 Å². The second-order valence-electron chi connectivity index (χ2n) is 5.46. The zero-order valence-corrected chi connectivity index (χ0v) is 15.8. The van der Waals surface area contributed by atoms with Gasteiger partial charge in [0.2, 0.25) is 0 Å². The molecule has 1 N–H and O–H groups in total. The number of carbonyl (C=O) groups excluding carboxylic acids is 1. The van der Waals surface area contributed by atoms with Crippen molar-refractivity contribution in [2.45, 2.75) is 17.9 Å². The van der Waals surface area contributed by atoms with Gasteiger partial charge in [-0.15, -0.1) is 0 Å². The first-order valence-electron chi connectivity index (χ1n) is 7.14. The molecule has 2 aromatic carbocycles. The molecule has 1 atom stereocenters. The maximum absolute atomic E-state index is 12.3. The fourth-order valence-corrected chi connectivity index (χ4v) is 3.18. The molecule has 2 rings (SSSR count). The lowest BCUT2D eigenvalue weighted by Gasteiger charge is -2.15. The van der Waals surface area contributed by atoms with E-state index in [0.717, 1.165) is 6.26 Å². The first-order chi connectivity index (χ1) is 11.6. The Morgan fingerprint density at radius 1 is 1.20 bits per heavy atom. The van der Waals surface area contributed by atoms with Crippen molar-refractivity contribution < 1.29 is 18.1 Å². The Balaban J connectivity index is 2.17. The van der Waals surface area contributed by atoms with E-state index < -0.39 is 26.7 Å². The number of carbonyl (C=O) groups is 1. The van der Waals surface area contributed by atoms with Gasteiger partial charge in [0.05, 0.1) is 20.3 Å². The zero-order valence-electron chi connectivity index (χ0n) is 13.4. The minimum atomic E-state index is -3.28. The number of rotatable bonds is 5. The van der Waals surface area contributed by atoms with Gasteiger partial charge in [0.1, 0.15) is 0 Å². The van der Waals surface area contributed by atoms with Gasteiger partial charge in [-0.25, -0.2) is 8.42 Å². The van der Waals surface area contributed by atoms with Crippen molar-refractivity contribution in [3.05, 3.63) is 68.2 Å². The van der Waals surface area contributed by atoms with E-state index in [-0.39, 0.29) is 16.1 Å². The molecule has 0 bridgehead atoms. The maximum Gasteiger partial charge on any atom is 0.284 e. The highest BCUT2D eigenvalue weighted by Crippen LogP contribution is 2.26. The standard InChI is InChI=1S/C16H15BrN2O5S/c1-10(11-3-6-13(7-4-11)25(2,23)24)18-16(20)12-5-8-14(17)15(9-12)19(21)22/h3-10H,1-2H3,(H,18,20). The van der Waals surface area contributed by atoms with Gasteiger partial charge in [-0.2, -0.15) is 0 Å². The third-order valence-corrected chi connectivity index (χ3v) is 5.36. The van der Waals surface area contributed by atoms with Crippen molar-refractivity contribution in [1.29, 1.82) is 0 Å². The topological polar surface area (TPSA) is 106 Å². The normalized spacial score (nSPS) is 12.4. The Bertz CT molecular complexity index is 926. The van der Waals surface area contributed by atoms with Crippen LogP contribution in [0, 0.1) is 10.1 Å². The van der Waals surface area contributed by atoms with Crippen LogP contribution in [0.3, 0.4) is 0 Å². The van der Waals surface area contributed by atoms with Crippen molar-refractivity contribution in [2.75, 3.05) is 6.26 Å². The summed E-state index contributed by atoms with van der Waals surface area (Å²) in [4.78, 5) is 22.9. The number of nitro benzene ring substituents is 1. The van der Waals surface area contributed by atoms with Crippen LogP contribution in [0.5, 0.6) is 0 Å². The molecule has 132 valence electrons. The molecule has 0 aliphatic rings. The molecular formula is C16H15BrN2O5S. The smallest absolute Gasteiger partial charge is 0.284 e. The summed E-state index contributed by atoms with van der Waals surface area (Å²) in [5, 5.41) is 13.7. The highest BCUT2D eigenvalue weighted by atomic mass is 79.9. The summed E-state index contributed by atoms with van der Waals surface area (Å²) in [5.41, 5.74) is 0.680. The number of nitro groups is 1. The molecule has 0 spiro atoms. The van der Waals surface area contributed by atoms with Crippen LogP contribution in [0.1, 0.15) is 28.9 Å². The molecular weight excluding hydrogens is 412 g/mol. The second-order valence-corrected chi connectivity index (χ2v) is 8.33. The van der Waals surface area contributed by atoms with Crippen molar-refractivity contribution >= 4 is 37.4 Å². The SMILES string of the molecule is CC(NC(=O)c1ccc(Br)c([N+](=O)[O-])c1)c1ccc(S(C)(=O)=O)cc1. The van der Waals surface area contributed by atoms with Gasteiger partial charge in [0.25, 0.3) is 11.6 Å². The van der Waals surface area contributed by atoms with Gasteiger partial charge in [0, 0.05) is 17.9 Å². The van der Waals surface area contributed by atoms with E-state index in [1.807, 2.05) is 0 Å². The number of nitrogens with one attached hydrogen (secondary N) is 1. The van der Waals surface area contributed by atoms with Crippen LogP contribution in [0.25, 0.3) is 0 Å². The average molecular weight is 427 g/mol. The van der Waals surface area contributed by atoms with Gasteiger partial charge >= 0.3 is 0 Å². The van der Waals surface area contributed by atoms with E-state index in [2.05, 4.69) is 21.2 Å². The molecule has 7 nitrogen and oxygen atoms in total. The molecule has 9 heteroatoms. The van der Waals surface area contributed by atoms with E-state index in [1.165, 1.54) is 30.3 Å². The van der Waals surface area contributed by atoms with Crippen LogP contribution >= 0.6 is 15.9 Å². The van der Waals surface area contributed by atoms with Gasteiger partial charge in [-0.3, -0.25) is 14.9 Å². The lowest BCUT2D eigenvalue weighted by atomic mass is 10.1. The highest BCUT2D eigenvalue weighted by Gasteiger charge is 2.18. The Hall–Kier alpha value is -2.26. The number of benzene rings is 2. The molecule has 25 heavy (non-hydrogen) atoms. The number of hydrogen-bond donors (Lipinski definition) is 1. The molecule has 0 saturated heterocycles. The summed E-state index contributed by atoms with van der Waals surface area (Å²) in [5.74, 6) is -0.463. The van der Waals surface area contributed by atoms with Crippen molar-refractivity contribution in [3.8, 4) is 0 Å². The summed E-state index contributed by atoms with van der Waals surface area (Å²) < 4.78 is 23.2. The van der Waals surface area contributed by atoms with E-state index in [0.29, 0.717) is 10.0 Å². The number of sulfone groups is 1. The fourth-order valence-electron chi connectivity index (χ4n) is 2.16. The van der Waals surface area contributed by atoms with Gasteiger partial charge < -0.3 is 5.32 Å². The van der Waals surface area contributed by atoms with Crippen LogP contribution in [0.4, 0.5) is 5.69 Å². The van der Waals surface area contributed by atoms with Crippen LogP contribution in [0.2, 0.25) is 0 Å². The third-order valence-electron chi connectivity index (χ3n) is 3.56.